The largest absolute Gasteiger partial charge is 0.465 e. The first-order valence-corrected chi connectivity index (χ1v) is 6.20. The number of benzene rings is 1. The summed E-state index contributed by atoms with van der Waals surface area (Å²) in [5.41, 5.74) is 0.820. The second kappa shape index (κ2) is 6.61. The predicted molar refractivity (Wildman–Crippen MR) is 71.0 cm³/mol. The lowest BCUT2D eigenvalue weighted by Crippen LogP contribution is -2.41. The van der Waals surface area contributed by atoms with Gasteiger partial charge in [0.15, 0.2) is 0 Å². The van der Waals surface area contributed by atoms with Crippen LogP contribution in [-0.4, -0.2) is 39.9 Å². The zero-order valence-corrected chi connectivity index (χ0v) is 11.3. The van der Waals surface area contributed by atoms with Crippen LogP contribution in [0.1, 0.15) is 19.4 Å². The van der Waals surface area contributed by atoms with Gasteiger partial charge in [-0.1, -0.05) is 29.8 Å². The maximum atomic E-state index is 11.0. The van der Waals surface area contributed by atoms with E-state index < -0.39 is 12.2 Å². The summed E-state index contributed by atoms with van der Waals surface area (Å²) in [7, 11) is 0. The van der Waals surface area contributed by atoms with Gasteiger partial charge in [-0.2, -0.15) is 0 Å². The third-order valence-electron chi connectivity index (χ3n) is 2.69. The summed E-state index contributed by atoms with van der Waals surface area (Å²) in [6.07, 6.45) is -1.44. The van der Waals surface area contributed by atoms with E-state index in [1.165, 1.54) is 4.90 Å². The average molecular weight is 272 g/mol. The van der Waals surface area contributed by atoms with Crippen LogP contribution in [0.3, 0.4) is 0 Å². The lowest BCUT2D eigenvalue weighted by molar-refractivity contribution is 0.0835. The van der Waals surface area contributed by atoms with Gasteiger partial charge in [0.25, 0.3) is 0 Å². The molecule has 0 aliphatic carbocycles. The summed E-state index contributed by atoms with van der Waals surface area (Å²) in [5.74, 6) is 0. The molecule has 18 heavy (non-hydrogen) atoms. The highest BCUT2D eigenvalue weighted by atomic mass is 35.5. The van der Waals surface area contributed by atoms with E-state index in [1.54, 1.807) is 19.9 Å². The van der Waals surface area contributed by atoms with E-state index in [1.807, 2.05) is 18.2 Å². The van der Waals surface area contributed by atoms with Crippen LogP contribution in [0.2, 0.25) is 5.02 Å². The van der Waals surface area contributed by atoms with Crippen molar-refractivity contribution in [2.75, 3.05) is 6.54 Å². The smallest absolute Gasteiger partial charge is 0.407 e. The zero-order chi connectivity index (χ0) is 13.7. The van der Waals surface area contributed by atoms with Crippen molar-refractivity contribution in [1.29, 1.82) is 0 Å². The number of halogens is 1. The fourth-order valence-electron chi connectivity index (χ4n) is 1.72. The Morgan fingerprint density at radius 3 is 2.50 bits per heavy atom. The molecule has 0 spiro atoms. The highest BCUT2D eigenvalue weighted by molar-refractivity contribution is 6.31. The minimum atomic E-state index is -1.02. The summed E-state index contributed by atoms with van der Waals surface area (Å²) in [4.78, 5) is 12.2. The Bertz CT molecular complexity index is 409. The fourth-order valence-corrected chi connectivity index (χ4v) is 1.93. The molecule has 0 bridgehead atoms. The molecule has 1 amide bonds. The first-order valence-electron chi connectivity index (χ1n) is 5.83. The van der Waals surface area contributed by atoms with Crippen molar-refractivity contribution in [3.8, 4) is 0 Å². The lowest BCUT2D eigenvalue weighted by Gasteiger charge is -2.26. The van der Waals surface area contributed by atoms with Gasteiger partial charge < -0.3 is 15.1 Å². The number of aliphatic hydroxyl groups excluding tert-OH is 1. The molecule has 0 aliphatic rings. The molecule has 1 atom stereocenters. The molecule has 0 heterocycles. The Morgan fingerprint density at radius 1 is 1.39 bits per heavy atom. The molecule has 1 unspecified atom stereocenters. The normalized spacial score (nSPS) is 12.5. The van der Waals surface area contributed by atoms with Gasteiger partial charge in [-0.25, -0.2) is 4.79 Å². The summed E-state index contributed by atoms with van der Waals surface area (Å²) in [6.45, 7) is 3.63. The first-order chi connectivity index (χ1) is 8.41. The Labute approximate surface area is 112 Å². The maximum absolute atomic E-state index is 11.0. The second-order valence-corrected chi connectivity index (χ2v) is 4.89. The third kappa shape index (κ3) is 4.20. The minimum Gasteiger partial charge on any atom is -0.465 e. The molecule has 0 radical (unpaired) electrons. The highest BCUT2D eigenvalue weighted by Crippen LogP contribution is 2.17. The number of hydrogen-bond acceptors (Lipinski definition) is 2. The number of rotatable bonds is 5. The van der Waals surface area contributed by atoms with E-state index in [2.05, 4.69) is 0 Å². The van der Waals surface area contributed by atoms with E-state index in [9.17, 15) is 9.90 Å². The van der Waals surface area contributed by atoms with Crippen LogP contribution in [0.25, 0.3) is 0 Å². The molecule has 100 valence electrons. The van der Waals surface area contributed by atoms with E-state index in [0.29, 0.717) is 11.4 Å². The molecule has 1 aromatic carbocycles. The van der Waals surface area contributed by atoms with Gasteiger partial charge in [0.2, 0.25) is 0 Å². The van der Waals surface area contributed by atoms with Crippen LogP contribution in [0.15, 0.2) is 24.3 Å². The van der Waals surface area contributed by atoms with Crippen molar-refractivity contribution >= 4 is 17.7 Å². The van der Waals surface area contributed by atoms with Crippen LogP contribution in [0.4, 0.5) is 4.79 Å². The number of carboxylic acid groups (broad SMARTS) is 1. The summed E-state index contributed by atoms with van der Waals surface area (Å²) >= 11 is 5.99. The number of nitrogens with zero attached hydrogens (tertiary/aromatic N) is 1. The zero-order valence-electron chi connectivity index (χ0n) is 10.5. The van der Waals surface area contributed by atoms with Crippen molar-refractivity contribution in [1.82, 2.24) is 4.90 Å². The van der Waals surface area contributed by atoms with Crippen molar-refractivity contribution in [3.05, 3.63) is 34.9 Å². The standard InChI is InChI=1S/C13H18ClNO3/c1-9(2)15(13(17)18)8-11(16)7-10-5-3-4-6-12(10)14/h3-6,9,11,16H,7-8H2,1-2H3,(H,17,18). The first kappa shape index (κ1) is 14.8. The topological polar surface area (TPSA) is 60.8 Å². The third-order valence-corrected chi connectivity index (χ3v) is 3.06. The summed E-state index contributed by atoms with van der Waals surface area (Å²) < 4.78 is 0. The highest BCUT2D eigenvalue weighted by Gasteiger charge is 2.20. The number of hydrogen-bond donors (Lipinski definition) is 2. The molecule has 5 heteroatoms. The predicted octanol–water partition coefficient (Wildman–Crippen LogP) is 2.63. The maximum Gasteiger partial charge on any atom is 0.407 e. The fraction of sp³-hybridized carbons (Fsp3) is 0.462. The van der Waals surface area contributed by atoms with Gasteiger partial charge in [0.1, 0.15) is 0 Å². The molecule has 4 nitrogen and oxygen atoms in total. The summed E-state index contributed by atoms with van der Waals surface area (Å²) in [6, 6.07) is 7.07. The van der Waals surface area contributed by atoms with Gasteiger partial charge in [-0.05, 0) is 25.5 Å². The van der Waals surface area contributed by atoms with Gasteiger partial charge in [-0.3, -0.25) is 0 Å². The van der Waals surface area contributed by atoms with E-state index in [0.717, 1.165) is 5.56 Å². The average Bonchev–Trinajstić information content (AvgIpc) is 2.28. The van der Waals surface area contributed by atoms with Gasteiger partial charge in [0, 0.05) is 17.5 Å². The molecular weight excluding hydrogens is 254 g/mol. The minimum absolute atomic E-state index is 0.0816. The summed E-state index contributed by atoms with van der Waals surface area (Å²) in [5, 5.41) is 19.5. The molecule has 0 aromatic heterocycles. The molecular formula is C13H18ClNO3. The van der Waals surface area contributed by atoms with Gasteiger partial charge in [0.05, 0.1) is 12.6 Å². The van der Waals surface area contributed by atoms with E-state index in [-0.39, 0.29) is 12.6 Å². The Kier molecular flexibility index (Phi) is 5.44. The van der Waals surface area contributed by atoms with Crippen LogP contribution >= 0.6 is 11.6 Å². The SMILES string of the molecule is CC(C)N(CC(O)Cc1ccccc1Cl)C(=O)O. The van der Waals surface area contributed by atoms with Crippen molar-refractivity contribution in [3.63, 3.8) is 0 Å². The van der Waals surface area contributed by atoms with Crippen molar-refractivity contribution in [2.45, 2.75) is 32.4 Å². The Morgan fingerprint density at radius 2 is 2.00 bits per heavy atom. The molecule has 0 aliphatic heterocycles. The van der Waals surface area contributed by atoms with Gasteiger partial charge in [-0.15, -0.1) is 0 Å². The second-order valence-electron chi connectivity index (χ2n) is 4.48. The lowest BCUT2D eigenvalue weighted by atomic mass is 10.1. The molecule has 1 aromatic rings. The van der Waals surface area contributed by atoms with Crippen LogP contribution in [0, 0.1) is 0 Å². The Balaban J connectivity index is 2.63. The van der Waals surface area contributed by atoms with E-state index >= 15 is 0 Å². The number of amides is 1. The van der Waals surface area contributed by atoms with Crippen LogP contribution in [0.5, 0.6) is 0 Å². The van der Waals surface area contributed by atoms with E-state index in [4.69, 9.17) is 16.7 Å². The quantitative estimate of drug-likeness (QED) is 0.865. The van der Waals surface area contributed by atoms with Gasteiger partial charge >= 0.3 is 6.09 Å². The van der Waals surface area contributed by atoms with Crippen molar-refractivity contribution < 1.29 is 15.0 Å². The monoisotopic (exact) mass is 271 g/mol. The molecule has 1 rings (SSSR count). The molecule has 0 saturated carbocycles. The molecule has 2 N–H and O–H groups in total. The molecule has 0 fully saturated rings. The van der Waals surface area contributed by atoms with Crippen molar-refractivity contribution in [2.24, 2.45) is 0 Å². The Hall–Kier alpha value is -1.26. The van der Waals surface area contributed by atoms with Crippen LogP contribution in [-0.2, 0) is 6.42 Å². The number of carbonyl (C=O) groups is 1. The molecule has 0 saturated heterocycles. The number of aliphatic hydroxyl groups is 1. The van der Waals surface area contributed by atoms with Crippen LogP contribution < -0.4 is 0 Å².